The summed E-state index contributed by atoms with van der Waals surface area (Å²) in [6, 6.07) is 4.13. The number of fused-ring (bicyclic) bond motifs is 1. The normalized spacial score (nSPS) is 11.1. The van der Waals surface area contributed by atoms with Crippen LogP contribution in [0.25, 0.3) is 10.2 Å². The Morgan fingerprint density at radius 3 is 2.46 bits per heavy atom. The van der Waals surface area contributed by atoms with Crippen molar-refractivity contribution in [2.24, 2.45) is 0 Å². The zero-order valence-electron chi connectivity index (χ0n) is 15.6. The van der Waals surface area contributed by atoms with E-state index in [0.717, 1.165) is 32.6 Å². The van der Waals surface area contributed by atoms with Crippen molar-refractivity contribution in [3.05, 3.63) is 39.3 Å². The van der Waals surface area contributed by atoms with E-state index in [2.05, 4.69) is 27.4 Å². The minimum atomic E-state index is -0.0779. The number of carbonyl (C=O) groups excluding carboxylic acids is 1. The highest BCUT2D eigenvalue weighted by molar-refractivity contribution is 7.99. The van der Waals surface area contributed by atoms with Gasteiger partial charge in [0, 0.05) is 10.6 Å². The molecule has 2 heterocycles. The number of thioether (sulfide) groups is 1. The molecule has 3 rings (SSSR count). The van der Waals surface area contributed by atoms with Crippen molar-refractivity contribution in [3.63, 3.8) is 0 Å². The molecular formula is C19H22N4OS2. The fraction of sp³-hybridized carbons (Fsp3) is 0.316. The molecule has 0 saturated carbocycles. The van der Waals surface area contributed by atoms with Gasteiger partial charge in [-0.3, -0.25) is 4.79 Å². The topological polar surface area (TPSA) is 80.9 Å². The number of thiophene rings is 1. The predicted molar refractivity (Wildman–Crippen MR) is 111 cm³/mol. The maximum Gasteiger partial charge on any atom is 0.234 e. The Balaban J connectivity index is 1.73. The molecule has 0 atom stereocenters. The second-order valence-electron chi connectivity index (χ2n) is 6.47. The molecule has 3 N–H and O–H groups in total. The number of amides is 1. The van der Waals surface area contributed by atoms with Crippen LogP contribution in [0.3, 0.4) is 0 Å². The van der Waals surface area contributed by atoms with E-state index in [1.807, 2.05) is 34.6 Å². The summed E-state index contributed by atoms with van der Waals surface area (Å²) in [7, 11) is 0. The highest BCUT2D eigenvalue weighted by Gasteiger charge is 2.14. The molecule has 0 fully saturated rings. The van der Waals surface area contributed by atoms with Crippen molar-refractivity contribution in [1.82, 2.24) is 9.97 Å². The van der Waals surface area contributed by atoms with E-state index in [1.165, 1.54) is 22.2 Å². The third-order valence-electron chi connectivity index (χ3n) is 4.31. The van der Waals surface area contributed by atoms with Crippen LogP contribution in [0.1, 0.15) is 27.1 Å². The molecule has 0 aliphatic heterocycles. The van der Waals surface area contributed by atoms with Gasteiger partial charge in [-0.05, 0) is 51.3 Å². The van der Waals surface area contributed by atoms with Crippen LogP contribution in [0.5, 0.6) is 0 Å². The van der Waals surface area contributed by atoms with Crippen LogP contribution in [-0.2, 0) is 4.79 Å². The molecular weight excluding hydrogens is 364 g/mol. The standard InChI is InChI=1S/C19H22N4OS2/c1-9-6-10(2)16(11(3)7-9)21-14(24)8-25-19-22-17(20)15-12(4)13(5)26-18(15)23-19/h6-7H,8H2,1-5H3,(H,21,24)(H2,20,22,23). The van der Waals surface area contributed by atoms with E-state index < -0.39 is 0 Å². The van der Waals surface area contributed by atoms with Gasteiger partial charge in [-0.2, -0.15) is 0 Å². The van der Waals surface area contributed by atoms with E-state index in [-0.39, 0.29) is 11.7 Å². The molecule has 26 heavy (non-hydrogen) atoms. The van der Waals surface area contributed by atoms with Gasteiger partial charge >= 0.3 is 0 Å². The lowest BCUT2D eigenvalue weighted by molar-refractivity contribution is -0.113. The van der Waals surface area contributed by atoms with Crippen LogP contribution in [0.2, 0.25) is 0 Å². The monoisotopic (exact) mass is 386 g/mol. The number of hydrogen-bond acceptors (Lipinski definition) is 6. The fourth-order valence-electron chi connectivity index (χ4n) is 3.01. The van der Waals surface area contributed by atoms with Gasteiger partial charge in [0.2, 0.25) is 5.91 Å². The first-order chi connectivity index (χ1) is 12.3. The maximum absolute atomic E-state index is 12.4. The highest BCUT2D eigenvalue weighted by atomic mass is 32.2. The Kier molecular flexibility index (Phi) is 5.20. The molecule has 3 aromatic rings. The Morgan fingerprint density at radius 2 is 1.81 bits per heavy atom. The fourth-order valence-corrected chi connectivity index (χ4v) is 4.75. The molecule has 1 aromatic carbocycles. The minimum absolute atomic E-state index is 0.0779. The number of nitrogens with two attached hydrogens (primary N) is 1. The zero-order valence-corrected chi connectivity index (χ0v) is 17.2. The summed E-state index contributed by atoms with van der Waals surface area (Å²) >= 11 is 2.90. The van der Waals surface area contributed by atoms with E-state index in [9.17, 15) is 4.79 Å². The molecule has 0 saturated heterocycles. The van der Waals surface area contributed by atoms with Crippen LogP contribution in [0, 0.1) is 34.6 Å². The van der Waals surface area contributed by atoms with Crippen molar-refractivity contribution < 1.29 is 4.79 Å². The number of anilines is 2. The minimum Gasteiger partial charge on any atom is -0.383 e. The molecule has 2 aromatic heterocycles. The van der Waals surface area contributed by atoms with Gasteiger partial charge in [0.15, 0.2) is 5.16 Å². The quantitative estimate of drug-likeness (QED) is 0.508. The summed E-state index contributed by atoms with van der Waals surface area (Å²) < 4.78 is 0. The lowest BCUT2D eigenvalue weighted by Gasteiger charge is -2.12. The van der Waals surface area contributed by atoms with Crippen LogP contribution < -0.4 is 11.1 Å². The van der Waals surface area contributed by atoms with Crippen LogP contribution in [-0.4, -0.2) is 21.6 Å². The first kappa shape index (κ1) is 18.7. The van der Waals surface area contributed by atoms with Crippen molar-refractivity contribution >= 4 is 50.7 Å². The Hall–Kier alpha value is -2.12. The first-order valence-electron chi connectivity index (χ1n) is 8.30. The zero-order chi connectivity index (χ0) is 19.0. The van der Waals surface area contributed by atoms with Crippen LogP contribution >= 0.6 is 23.1 Å². The summed E-state index contributed by atoms with van der Waals surface area (Å²) in [5, 5.41) is 4.45. The van der Waals surface area contributed by atoms with Crippen molar-refractivity contribution in [3.8, 4) is 0 Å². The Labute approximate surface area is 161 Å². The average molecular weight is 387 g/mol. The van der Waals surface area contributed by atoms with Gasteiger partial charge < -0.3 is 11.1 Å². The van der Waals surface area contributed by atoms with Crippen LogP contribution in [0.4, 0.5) is 11.5 Å². The number of aromatic nitrogens is 2. The number of nitrogen functional groups attached to an aromatic ring is 1. The van der Waals surface area contributed by atoms with E-state index in [4.69, 9.17) is 5.73 Å². The molecule has 0 aliphatic carbocycles. The molecule has 0 radical (unpaired) electrons. The van der Waals surface area contributed by atoms with Gasteiger partial charge in [0.05, 0.1) is 11.1 Å². The summed E-state index contributed by atoms with van der Waals surface area (Å²) in [4.78, 5) is 23.3. The number of carbonyl (C=O) groups is 1. The summed E-state index contributed by atoms with van der Waals surface area (Å²) in [5.41, 5.74) is 11.4. The number of hydrogen-bond donors (Lipinski definition) is 2. The summed E-state index contributed by atoms with van der Waals surface area (Å²) in [6.45, 7) is 10.1. The highest BCUT2D eigenvalue weighted by Crippen LogP contribution is 2.33. The number of nitrogens with zero attached hydrogens (tertiary/aromatic N) is 2. The maximum atomic E-state index is 12.4. The lowest BCUT2D eigenvalue weighted by atomic mass is 10.1. The third-order valence-corrected chi connectivity index (χ3v) is 6.26. The summed E-state index contributed by atoms with van der Waals surface area (Å²) in [6.07, 6.45) is 0. The smallest absolute Gasteiger partial charge is 0.234 e. The van der Waals surface area contributed by atoms with Gasteiger partial charge in [-0.15, -0.1) is 11.3 Å². The Morgan fingerprint density at radius 1 is 1.15 bits per heavy atom. The number of aryl methyl sites for hydroxylation is 5. The van der Waals surface area contributed by atoms with Gasteiger partial charge in [0.25, 0.3) is 0 Å². The first-order valence-corrected chi connectivity index (χ1v) is 10.1. The predicted octanol–water partition coefficient (Wildman–Crippen LogP) is 4.55. The molecule has 7 heteroatoms. The van der Waals surface area contributed by atoms with Gasteiger partial charge in [0.1, 0.15) is 10.6 Å². The average Bonchev–Trinajstić information content (AvgIpc) is 2.83. The van der Waals surface area contributed by atoms with E-state index >= 15 is 0 Å². The van der Waals surface area contributed by atoms with Crippen molar-refractivity contribution in [2.45, 2.75) is 39.8 Å². The molecule has 0 bridgehead atoms. The molecule has 1 amide bonds. The number of rotatable bonds is 4. The van der Waals surface area contributed by atoms with Gasteiger partial charge in [-0.25, -0.2) is 9.97 Å². The van der Waals surface area contributed by atoms with Crippen LogP contribution in [0.15, 0.2) is 17.3 Å². The van der Waals surface area contributed by atoms with Gasteiger partial charge in [-0.1, -0.05) is 29.5 Å². The molecule has 5 nitrogen and oxygen atoms in total. The summed E-state index contributed by atoms with van der Waals surface area (Å²) in [5.74, 6) is 0.636. The SMILES string of the molecule is Cc1cc(C)c(NC(=O)CSc2nc(N)c3c(C)c(C)sc3n2)c(C)c1. The van der Waals surface area contributed by atoms with Crippen molar-refractivity contribution in [2.75, 3.05) is 16.8 Å². The number of nitrogens with one attached hydrogen (secondary N) is 1. The molecule has 0 aliphatic rings. The largest absolute Gasteiger partial charge is 0.383 e. The number of benzene rings is 1. The Bertz CT molecular complexity index is 987. The van der Waals surface area contributed by atoms with E-state index in [1.54, 1.807) is 11.3 Å². The van der Waals surface area contributed by atoms with E-state index in [0.29, 0.717) is 11.0 Å². The second-order valence-corrected chi connectivity index (χ2v) is 8.61. The third kappa shape index (κ3) is 3.68. The second kappa shape index (κ2) is 7.25. The molecule has 136 valence electrons. The molecule has 0 unspecified atom stereocenters. The lowest BCUT2D eigenvalue weighted by Crippen LogP contribution is -2.16. The molecule has 0 spiro atoms. The van der Waals surface area contributed by atoms with Crippen molar-refractivity contribution in [1.29, 1.82) is 0 Å².